The molecule has 3 aromatic rings. The van der Waals surface area contributed by atoms with Crippen LogP contribution in [-0.4, -0.2) is 20.3 Å². The molecule has 1 aliphatic rings. The summed E-state index contributed by atoms with van der Waals surface area (Å²) < 4.78 is 0. The highest BCUT2D eigenvalue weighted by Gasteiger charge is 2.17. The van der Waals surface area contributed by atoms with Gasteiger partial charge in [0.25, 0.3) is 0 Å². The Morgan fingerprint density at radius 1 is 0.964 bits per heavy atom. The molecular weight excluding hydrogens is 362 g/mol. The Labute approximate surface area is 171 Å². The van der Waals surface area contributed by atoms with Gasteiger partial charge in [0.05, 0.1) is 11.4 Å². The third-order valence-electron chi connectivity index (χ3n) is 5.00. The predicted molar refractivity (Wildman–Crippen MR) is 122 cm³/mol. The van der Waals surface area contributed by atoms with Gasteiger partial charge in [0.2, 0.25) is 0 Å². The first-order chi connectivity index (χ1) is 13.7. The van der Waals surface area contributed by atoms with Gasteiger partial charge in [0.1, 0.15) is 0 Å². The minimum absolute atomic E-state index is 0.901. The number of nitrogens with zero attached hydrogens (tertiary/aromatic N) is 2. The summed E-state index contributed by atoms with van der Waals surface area (Å²) in [4.78, 5) is 8.93. The molecule has 0 aromatic heterocycles. The van der Waals surface area contributed by atoms with Crippen LogP contribution in [0.1, 0.15) is 23.6 Å². The molecule has 0 amide bonds. The monoisotopic (exact) mass is 387 g/mol. The molecule has 0 spiro atoms. The van der Waals surface area contributed by atoms with E-state index in [-0.39, 0.29) is 0 Å². The molecule has 0 radical (unpaired) electrons. The number of anilines is 3. The number of benzene rings is 3. The maximum Gasteiger partial charge on any atom is 0.0527 e. The molecule has 0 fully saturated rings. The molecule has 4 rings (SSSR count). The highest BCUT2D eigenvalue weighted by Crippen LogP contribution is 2.45. The van der Waals surface area contributed by atoms with E-state index in [9.17, 15) is 0 Å². The second-order valence-corrected chi connectivity index (χ2v) is 8.16. The molecule has 0 bridgehead atoms. The van der Waals surface area contributed by atoms with Gasteiger partial charge in [-0.3, -0.25) is 4.99 Å². The van der Waals surface area contributed by atoms with Gasteiger partial charge in [-0.15, -0.1) is 0 Å². The van der Waals surface area contributed by atoms with E-state index in [1.54, 1.807) is 7.05 Å². The fourth-order valence-electron chi connectivity index (χ4n) is 3.47. The van der Waals surface area contributed by atoms with Gasteiger partial charge in [-0.1, -0.05) is 49.0 Å². The van der Waals surface area contributed by atoms with Crippen molar-refractivity contribution < 1.29 is 0 Å². The van der Waals surface area contributed by atoms with Gasteiger partial charge >= 0.3 is 0 Å². The molecule has 0 atom stereocenters. The Kier molecular flexibility index (Phi) is 5.40. The van der Waals surface area contributed by atoms with E-state index in [4.69, 9.17) is 0 Å². The average molecular weight is 388 g/mol. The number of hydrogen-bond acceptors (Lipinski definition) is 4. The van der Waals surface area contributed by atoms with Crippen LogP contribution >= 0.6 is 11.8 Å². The second kappa shape index (κ2) is 8.11. The molecule has 3 nitrogen and oxygen atoms in total. The van der Waals surface area contributed by atoms with Crippen LogP contribution in [0.4, 0.5) is 17.1 Å². The minimum Gasteiger partial charge on any atom is -0.370 e. The number of fused-ring (bicyclic) bond motifs is 2. The Bertz CT molecular complexity index is 1030. The van der Waals surface area contributed by atoms with Gasteiger partial charge < -0.3 is 10.2 Å². The summed E-state index contributed by atoms with van der Waals surface area (Å²) in [6.45, 7) is 3.10. The highest BCUT2D eigenvalue weighted by atomic mass is 32.2. The van der Waals surface area contributed by atoms with Crippen molar-refractivity contribution in [3.8, 4) is 0 Å². The van der Waals surface area contributed by atoms with Gasteiger partial charge in [-0.25, -0.2) is 0 Å². The van der Waals surface area contributed by atoms with Crippen LogP contribution in [0.15, 0.2) is 75.4 Å². The standard InChI is InChI=1S/C24H25N3S/c1-4-17-6-5-7-19(12-17)16-27(3)20-9-11-22-24(14-20)28-23-13-18(15-25-2)8-10-21(23)26-22/h5-15,26H,4,16H2,1-3H3. The molecule has 28 heavy (non-hydrogen) atoms. The lowest BCUT2D eigenvalue weighted by Crippen LogP contribution is -2.16. The van der Waals surface area contributed by atoms with Crippen LogP contribution in [0.25, 0.3) is 0 Å². The van der Waals surface area contributed by atoms with E-state index in [1.807, 2.05) is 18.0 Å². The lowest BCUT2D eigenvalue weighted by atomic mass is 10.1. The zero-order valence-corrected chi connectivity index (χ0v) is 17.4. The zero-order chi connectivity index (χ0) is 19.5. The zero-order valence-electron chi connectivity index (χ0n) is 16.6. The Morgan fingerprint density at radius 2 is 1.71 bits per heavy atom. The first-order valence-electron chi connectivity index (χ1n) is 9.60. The van der Waals surface area contributed by atoms with Crippen molar-refractivity contribution in [2.45, 2.75) is 29.7 Å². The van der Waals surface area contributed by atoms with Gasteiger partial charge in [-0.05, 0) is 53.4 Å². The summed E-state index contributed by atoms with van der Waals surface area (Å²) in [6.07, 6.45) is 2.97. The highest BCUT2D eigenvalue weighted by molar-refractivity contribution is 7.99. The number of rotatable bonds is 5. The third-order valence-corrected chi connectivity index (χ3v) is 6.11. The largest absolute Gasteiger partial charge is 0.370 e. The quantitative estimate of drug-likeness (QED) is 0.417. The number of hydrogen-bond donors (Lipinski definition) is 1. The Morgan fingerprint density at radius 3 is 2.50 bits per heavy atom. The molecule has 0 saturated carbocycles. The summed E-state index contributed by atoms with van der Waals surface area (Å²) in [5.74, 6) is 0. The molecule has 0 aliphatic carbocycles. The summed E-state index contributed by atoms with van der Waals surface area (Å²) in [5.41, 5.74) is 7.41. The maximum absolute atomic E-state index is 4.13. The lowest BCUT2D eigenvalue weighted by Gasteiger charge is -2.25. The SMILES string of the molecule is CCc1cccc(CN(C)c2ccc3c(c2)Sc2cc(C=NC)ccc2N3)c1. The predicted octanol–water partition coefficient (Wildman–Crippen LogP) is 6.14. The van der Waals surface area contributed by atoms with E-state index >= 15 is 0 Å². The van der Waals surface area contributed by atoms with Crippen LogP contribution in [0.5, 0.6) is 0 Å². The number of aryl methyl sites for hydroxylation is 1. The summed E-state index contributed by atoms with van der Waals surface area (Å²) >= 11 is 1.82. The normalized spacial score (nSPS) is 12.4. The van der Waals surface area contributed by atoms with Crippen molar-refractivity contribution in [3.05, 3.63) is 77.4 Å². The van der Waals surface area contributed by atoms with Gasteiger partial charge in [0, 0.05) is 42.3 Å². The van der Waals surface area contributed by atoms with Crippen molar-refractivity contribution in [2.75, 3.05) is 24.3 Å². The molecule has 3 aromatic carbocycles. The molecule has 1 aliphatic heterocycles. The Hall–Kier alpha value is -2.72. The van der Waals surface area contributed by atoms with Crippen molar-refractivity contribution in [1.29, 1.82) is 0 Å². The van der Waals surface area contributed by atoms with E-state index < -0.39 is 0 Å². The molecule has 1 heterocycles. The first kappa shape index (κ1) is 18.6. The van der Waals surface area contributed by atoms with Crippen molar-refractivity contribution in [1.82, 2.24) is 0 Å². The van der Waals surface area contributed by atoms with Gasteiger partial charge in [-0.2, -0.15) is 0 Å². The van der Waals surface area contributed by atoms with E-state index in [1.165, 1.54) is 32.3 Å². The Balaban J connectivity index is 1.56. The summed E-state index contributed by atoms with van der Waals surface area (Å²) in [7, 11) is 3.96. The van der Waals surface area contributed by atoms with Crippen LogP contribution in [0, 0.1) is 0 Å². The summed E-state index contributed by atoms with van der Waals surface area (Å²) in [5, 5.41) is 3.56. The van der Waals surface area contributed by atoms with E-state index in [0.29, 0.717) is 0 Å². The fraction of sp³-hybridized carbons (Fsp3) is 0.208. The van der Waals surface area contributed by atoms with Crippen molar-refractivity contribution in [3.63, 3.8) is 0 Å². The maximum atomic E-state index is 4.13. The topological polar surface area (TPSA) is 27.6 Å². The second-order valence-electron chi connectivity index (χ2n) is 7.08. The van der Waals surface area contributed by atoms with Gasteiger partial charge in [0.15, 0.2) is 0 Å². The van der Waals surface area contributed by atoms with Crippen molar-refractivity contribution in [2.24, 2.45) is 4.99 Å². The van der Waals surface area contributed by atoms with Crippen LogP contribution in [-0.2, 0) is 13.0 Å². The summed E-state index contributed by atoms with van der Waals surface area (Å²) in [6, 6.07) is 21.9. The van der Waals surface area contributed by atoms with Crippen LogP contribution in [0.3, 0.4) is 0 Å². The smallest absolute Gasteiger partial charge is 0.0527 e. The molecule has 142 valence electrons. The molecule has 1 N–H and O–H groups in total. The number of nitrogens with one attached hydrogen (secondary N) is 1. The van der Waals surface area contributed by atoms with E-state index in [2.05, 4.69) is 89.8 Å². The van der Waals surface area contributed by atoms with Crippen molar-refractivity contribution >= 4 is 35.0 Å². The molecular formula is C24H25N3S. The molecule has 4 heteroatoms. The van der Waals surface area contributed by atoms with E-state index in [0.717, 1.165) is 24.2 Å². The minimum atomic E-state index is 0.901. The van der Waals surface area contributed by atoms with Crippen LogP contribution < -0.4 is 10.2 Å². The first-order valence-corrected chi connectivity index (χ1v) is 10.4. The molecule has 0 unspecified atom stereocenters. The third kappa shape index (κ3) is 3.92. The molecule has 0 saturated heterocycles. The lowest BCUT2D eigenvalue weighted by molar-refractivity contribution is 0.916. The average Bonchev–Trinajstić information content (AvgIpc) is 2.72. The number of aliphatic imine (C=N–C) groups is 1. The van der Waals surface area contributed by atoms with Crippen LogP contribution in [0.2, 0.25) is 0 Å². The fourth-order valence-corrected chi connectivity index (χ4v) is 4.54.